The average molecular weight is 621 g/mol. The van der Waals surface area contributed by atoms with Crippen LogP contribution in [0.15, 0.2) is 54.7 Å². The van der Waals surface area contributed by atoms with Crippen LogP contribution in [0.4, 0.5) is 17.2 Å². The summed E-state index contributed by atoms with van der Waals surface area (Å²) in [5.74, 6) is 1.96. The highest BCUT2D eigenvalue weighted by molar-refractivity contribution is 7.92. The van der Waals surface area contributed by atoms with Gasteiger partial charge in [0, 0.05) is 50.9 Å². The Morgan fingerprint density at radius 3 is 2.34 bits per heavy atom. The van der Waals surface area contributed by atoms with Gasteiger partial charge in [0.05, 0.1) is 30.3 Å². The molecule has 2 N–H and O–H groups in total. The van der Waals surface area contributed by atoms with E-state index in [2.05, 4.69) is 31.9 Å². The van der Waals surface area contributed by atoms with Crippen LogP contribution >= 0.6 is 0 Å². The molecule has 0 unspecified atom stereocenters. The van der Waals surface area contributed by atoms with Gasteiger partial charge >= 0.3 is 0 Å². The minimum absolute atomic E-state index is 0.216. The maximum atomic E-state index is 13.8. The van der Waals surface area contributed by atoms with Gasteiger partial charge in [-0.25, -0.2) is 13.4 Å². The number of rotatable bonds is 8. The molecule has 44 heavy (non-hydrogen) atoms. The van der Waals surface area contributed by atoms with E-state index in [0.29, 0.717) is 22.9 Å². The lowest BCUT2D eigenvalue weighted by Crippen LogP contribution is -2.44. The third-order valence-electron chi connectivity index (χ3n) is 7.73. The molecule has 234 valence electrons. The second-order valence-electron chi connectivity index (χ2n) is 12.2. The summed E-state index contributed by atoms with van der Waals surface area (Å²) in [5.41, 5.74) is 2.24. The standard InChI is InChI=1S/C32H40N6O5S/c1-32(2,3)22-18-24(30(42-6)25(19-22)35-44(7,40)41)34-31(39)26-17-21-9-8-10-27(29(21)37(26)5)43-23-11-12-33-28(20-23)38-15-13-36(4)14-16-38/h8-12,17-20,35H,13-16H2,1-7H3,(H,34,39). The van der Waals surface area contributed by atoms with E-state index >= 15 is 0 Å². The largest absolute Gasteiger partial charge is 0.492 e. The lowest BCUT2D eigenvalue weighted by atomic mass is 9.86. The summed E-state index contributed by atoms with van der Waals surface area (Å²) >= 11 is 0. The number of ether oxygens (including phenoxy) is 2. The van der Waals surface area contributed by atoms with Crippen LogP contribution < -0.4 is 24.4 Å². The van der Waals surface area contributed by atoms with Crippen molar-refractivity contribution in [2.45, 2.75) is 26.2 Å². The monoisotopic (exact) mass is 620 g/mol. The summed E-state index contributed by atoms with van der Waals surface area (Å²) in [7, 11) is 1.76. The number of nitrogens with one attached hydrogen (secondary N) is 2. The number of carbonyl (C=O) groups excluding carboxylic acids is 1. The van der Waals surface area contributed by atoms with Gasteiger partial charge in [-0.3, -0.25) is 9.52 Å². The number of fused-ring (bicyclic) bond motifs is 1. The van der Waals surface area contributed by atoms with Crippen molar-refractivity contribution in [2.24, 2.45) is 7.05 Å². The predicted molar refractivity (Wildman–Crippen MR) is 175 cm³/mol. The molecule has 0 aliphatic carbocycles. The Hall–Kier alpha value is -4.29. The lowest BCUT2D eigenvalue weighted by Gasteiger charge is -2.33. The first-order valence-electron chi connectivity index (χ1n) is 14.4. The second kappa shape index (κ2) is 12.0. The molecule has 0 spiro atoms. The molecular weight excluding hydrogens is 580 g/mol. The number of para-hydroxylation sites is 1. The van der Waals surface area contributed by atoms with Gasteiger partial charge < -0.3 is 29.2 Å². The van der Waals surface area contributed by atoms with Gasteiger partial charge in [-0.2, -0.15) is 0 Å². The highest BCUT2D eigenvalue weighted by atomic mass is 32.2. The lowest BCUT2D eigenvalue weighted by molar-refractivity contribution is 0.101. The van der Waals surface area contributed by atoms with E-state index in [9.17, 15) is 13.2 Å². The molecule has 3 heterocycles. The van der Waals surface area contributed by atoms with E-state index in [4.69, 9.17) is 9.47 Å². The Morgan fingerprint density at radius 1 is 0.977 bits per heavy atom. The zero-order valence-corrected chi connectivity index (χ0v) is 27.1. The molecule has 11 nitrogen and oxygen atoms in total. The zero-order valence-electron chi connectivity index (χ0n) is 26.3. The van der Waals surface area contributed by atoms with E-state index in [1.54, 1.807) is 22.9 Å². The van der Waals surface area contributed by atoms with Crippen LogP contribution in [0.2, 0.25) is 0 Å². The number of hydrogen-bond donors (Lipinski definition) is 2. The van der Waals surface area contributed by atoms with Crippen molar-refractivity contribution in [3.05, 3.63) is 66.0 Å². The number of anilines is 3. The van der Waals surface area contributed by atoms with Crippen molar-refractivity contribution >= 4 is 44.0 Å². The summed E-state index contributed by atoms with van der Waals surface area (Å²) in [6.07, 6.45) is 2.82. The molecule has 0 saturated carbocycles. The number of aryl methyl sites for hydroxylation is 1. The number of benzene rings is 2. The van der Waals surface area contributed by atoms with Crippen LogP contribution in [0.1, 0.15) is 36.8 Å². The summed E-state index contributed by atoms with van der Waals surface area (Å²) in [6.45, 7) is 9.76. The fourth-order valence-corrected chi connectivity index (χ4v) is 5.87. The van der Waals surface area contributed by atoms with E-state index in [1.807, 2.05) is 64.2 Å². The summed E-state index contributed by atoms with van der Waals surface area (Å²) < 4.78 is 40.5. The smallest absolute Gasteiger partial charge is 0.272 e. The van der Waals surface area contributed by atoms with Crippen molar-refractivity contribution in [3.63, 3.8) is 0 Å². The second-order valence-corrected chi connectivity index (χ2v) is 14.0. The molecule has 12 heteroatoms. The average Bonchev–Trinajstić information content (AvgIpc) is 3.29. The first-order chi connectivity index (χ1) is 20.7. The Kier molecular flexibility index (Phi) is 8.50. The minimum Gasteiger partial charge on any atom is -0.492 e. The molecule has 0 bridgehead atoms. The van der Waals surface area contributed by atoms with Gasteiger partial charge in [0.25, 0.3) is 5.91 Å². The Morgan fingerprint density at radius 2 is 1.68 bits per heavy atom. The molecule has 0 atom stereocenters. The highest BCUT2D eigenvalue weighted by Crippen LogP contribution is 2.40. The zero-order chi connectivity index (χ0) is 31.8. The summed E-state index contributed by atoms with van der Waals surface area (Å²) in [6, 6.07) is 14.8. The molecular formula is C32H40N6O5S. The first kappa shape index (κ1) is 31.1. The van der Waals surface area contributed by atoms with Crippen LogP contribution in [0, 0.1) is 0 Å². The van der Waals surface area contributed by atoms with Gasteiger partial charge in [0.1, 0.15) is 17.3 Å². The van der Waals surface area contributed by atoms with Crippen LogP contribution in [0.25, 0.3) is 10.9 Å². The van der Waals surface area contributed by atoms with Crippen LogP contribution in [-0.2, 0) is 22.5 Å². The number of methoxy groups -OCH3 is 1. The number of pyridine rings is 1. The van der Waals surface area contributed by atoms with Crippen molar-refractivity contribution < 1.29 is 22.7 Å². The third-order valence-corrected chi connectivity index (χ3v) is 8.32. The maximum Gasteiger partial charge on any atom is 0.272 e. The van der Waals surface area contributed by atoms with Gasteiger partial charge in [-0.15, -0.1) is 0 Å². The normalized spacial score (nSPS) is 14.5. The molecule has 1 aliphatic heterocycles. The van der Waals surface area contributed by atoms with Gasteiger partial charge in [0.2, 0.25) is 10.0 Å². The number of likely N-dealkylation sites (N-methyl/N-ethyl adjacent to an activating group) is 1. The molecule has 1 fully saturated rings. The molecule has 4 aromatic rings. The Labute approximate surface area is 258 Å². The molecule has 1 aliphatic rings. The van der Waals surface area contributed by atoms with E-state index in [1.165, 1.54) is 7.11 Å². The molecule has 2 aromatic carbocycles. The first-order valence-corrected chi connectivity index (χ1v) is 16.3. The van der Waals surface area contributed by atoms with Crippen LogP contribution in [0.5, 0.6) is 17.2 Å². The van der Waals surface area contributed by atoms with Crippen molar-refractivity contribution in [1.82, 2.24) is 14.5 Å². The fraction of sp³-hybridized carbons (Fsp3) is 0.375. The molecule has 1 saturated heterocycles. The quantitative estimate of drug-likeness (QED) is 0.281. The summed E-state index contributed by atoms with van der Waals surface area (Å²) in [5, 5.41) is 3.79. The topological polar surface area (TPSA) is 118 Å². The summed E-state index contributed by atoms with van der Waals surface area (Å²) in [4.78, 5) is 22.9. The van der Waals surface area contributed by atoms with Gasteiger partial charge in [-0.05, 0) is 48.4 Å². The van der Waals surface area contributed by atoms with Crippen molar-refractivity contribution in [1.29, 1.82) is 0 Å². The number of hydrogen-bond acceptors (Lipinski definition) is 8. The SMILES string of the molecule is COc1c(NC(=O)c2cc3cccc(Oc4ccnc(N5CCN(C)CC5)c4)c3n2C)cc(C(C)(C)C)cc1NS(C)(=O)=O. The van der Waals surface area contributed by atoms with Crippen LogP contribution in [-0.4, -0.2) is 75.4 Å². The number of aromatic nitrogens is 2. The van der Waals surface area contributed by atoms with Crippen molar-refractivity contribution in [2.75, 3.05) is 61.5 Å². The fourth-order valence-electron chi connectivity index (χ4n) is 5.31. The molecule has 1 amide bonds. The number of piperazine rings is 1. The molecule has 5 rings (SSSR count). The van der Waals surface area contributed by atoms with E-state index in [0.717, 1.165) is 54.7 Å². The number of sulfonamides is 1. The molecule has 2 aromatic heterocycles. The van der Waals surface area contributed by atoms with Crippen molar-refractivity contribution in [3.8, 4) is 17.2 Å². The van der Waals surface area contributed by atoms with E-state index < -0.39 is 10.0 Å². The number of nitrogens with zero attached hydrogens (tertiary/aromatic N) is 4. The highest BCUT2D eigenvalue weighted by Gasteiger charge is 2.24. The third kappa shape index (κ3) is 6.76. The predicted octanol–water partition coefficient (Wildman–Crippen LogP) is 5.05. The Balaban J connectivity index is 1.47. The Bertz CT molecular complexity index is 1800. The van der Waals surface area contributed by atoms with Crippen LogP contribution in [0.3, 0.4) is 0 Å². The maximum absolute atomic E-state index is 13.8. The van der Waals surface area contributed by atoms with Gasteiger partial charge in [-0.1, -0.05) is 32.9 Å². The number of carbonyl (C=O) groups is 1. The molecule has 0 radical (unpaired) electrons. The number of amides is 1. The van der Waals surface area contributed by atoms with E-state index in [-0.39, 0.29) is 22.8 Å². The van der Waals surface area contributed by atoms with Gasteiger partial charge in [0.15, 0.2) is 11.5 Å². The minimum atomic E-state index is -3.60.